The molecular formula is C15H15NO. The van der Waals surface area contributed by atoms with Gasteiger partial charge in [0.25, 0.3) is 0 Å². The topological polar surface area (TPSA) is 33.1 Å². The van der Waals surface area contributed by atoms with Crippen LogP contribution in [0.3, 0.4) is 0 Å². The molecule has 1 unspecified atom stereocenters. The van der Waals surface area contributed by atoms with Crippen LogP contribution in [0.1, 0.15) is 34.8 Å². The molecule has 17 heavy (non-hydrogen) atoms. The predicted octanol–water partition coefficient (Wildman–Crippen LogP) is 2.65. The summed E-state index contributed by atoms with van der Waals surface area (Å²) < 4.78 is 0. The largest absolute Gasteiger partial charge is 0.384 e. The molecule has 0 bridgehead atoms. The summed E-state index contributed by atoms with van der Waals surface area (Å²) in [4.78, 5) is 3.97. The van der Waals surface area contributed by atoms with E-state index >= 15 is 0 Å². The van der Waals surface area contributed by atoms with E-state index in [-0.39, 0.29) is 0 Å². The maximum absolute atomic E-state index is 10.3. The molecule has 0 saturated heterocycles. The minimum Gasteiger partial charge on any atom is -0.384 e. The van der Waals surface area contributed by atoms with Crippen LogP contribution < -0.4 is 0 Å². The van der Waals surface area contributed by atoms with Gasteiger partial charge in [-0.25, -0.2) is 0 Å². The van der Waals surface area contributed by atoms with E-state index in [9.17, 15) is 5.11 Å². The Morgan fingerprint density at radius 2 is 1.71 bits per heavy atom. The van der Waals surface area contributed by atoms with E-state index in [0.717, 1.165) is 17.5 Å². The zero-order valence-electron chi connectivity index (χ0n) is 9.63. The number of aliphatic hydroxyl groups is 1. The van der Waals surface area contributed by atoms with Gasteiger partial charge in [-0.2, -0.15) is 0 Å². The first-order chi connectivity index (χ1) is 8.34. The number of fused-ring (bicyclic) bond motifs is 1. The molecule has 1 aromatic carbocycles. The second-order valence-electron chi connectivity index (χ2n) is 4.56. The number of nitrogens with zero attached hydrogens (tertiary/aromatic N) is 1. The van der Waals surface area contributed by atoms with Gasteiger partial charge in [-0.15, -0.1) is 0 Å². The van der Waals surface area contributed by atoms with Gasteiger partial charge in [0.05, 0.1) is 0 Å². The fourth-order valence-electron chi connectivity index (χ4n) is 2.50. The van der Waals surface area contributed by atoms with Gasteiger partial charge in [0.1, 0.15) is 6.10 Å². The summed E-state index contributed by atoms with van der Waals surface area (Å²) in [5.41, 5.74) is 4.72. The van der Waals surface area contributed by atoms with Crippen molar-refractivity contribution in [3.63, 3.8) is 0 Å². The quantitative estimate of drug-likeness (QED) is 0.852. The molecule has 1 aromatic heterocycles. The fraction of sp³-hybridized carbons (Fsp3) is 0.267. The second kappa shape index (κ2) is 4.30. The molecule has 1 atom stereocenters. The van der Waals surface area contributed by atoms with Crippen LogP contribution in [0.5, 0.6) is 0 Å². The molecule has 0 fully saturated rings. The van der Waals surface area contributed by atoms with Gasteiger partial charge >= 0.3 is 0 Å². The van der Waals surface area contributed by atoms with E-state index in [1.807, 2.05) is 18.2 Å². The van der Waals surface area contributed by atoms with Crippen molar-refractivity contribution in [2.24, 2.45) is 0 Å². The third-order valence-corrected chi connectivity index (χ3v) is 3.46. The van der Waals surface area contributed by atoms with E-state index in [0.29, 0.717) is 0 Å². The van der Waals surface area contributed by atoms with Crippen LogP contribution in [-0.2, 0) is 12.8 Å². The lowest BCUT2D eigenvalue weighted by atomic mass is 9.99. The molecule has 2 heteroatoms. The number of aromatic nitrogens is 1. The molecule has 1 heterocycles. The van der Waals surface area contributed by atoms with Gasteiger partial charge in [-0.1, -0.05) is 18.2 Å². The van der Waals surface area contributed by atoms with Crippen molar-refractivity contribution in [2.75, 3.05) is 0 Å². The monoisotopic (exact) mass is 225 g/mol. The van der Waals surface area contributed by atoms with Crippen molar-refractivity contribution in [3.8, 4) is 0 Å². The number of hydrogen-bond acceptors (Lipinski definition) is 2. The molecule has 1 aliphatic rings. The second-order valence-corrected chi connectivity index (χ2v) is 4.56. The summed E-state index contributed by atoms with van der Waals surface area (Å²) in [6.45, 7) is 0. The van der Waals surface area contributed by atoms with Crippen LogP contribution in [0, 0.1) is 0 Å². The first-order valence-electron chi connectivity index (χ1n) is 6.04. The SMILES string of the molecule is OC(c1ccncc1)c1ccc2c(c1)CCC2. The Kier molecular flexibility index (Phi) is 2.65. The Labute approximate surface area is 101 Å². The number of aliphatic hydroxyl groups excluding tert-OH is 1. The standard InChI is InChI=1S/C15H15NO/c17-15(12-6-8-16-9-7-12)14-5-4-11-2-1-3-13(11)10-14/h4-10,15,17H,1-3H2. The number of benzene rings is 1. The molecule has 0 saturated carbocycles. The zero-order valence-corrected chi connectivity index (χ0v) is 9.63. The van der Waals surface area contributed by atoms with E-state index < -0.39 is 6.10 Å². The lowest BCUT2D eigenvalue weighted by Gasteiger charge is -2.12. The van der Waals surface area contributed by atoms with E-state index in [4.69, 9.17) is 0 Å². The molecule has 2 nitrogen and oxygen atoms in total. The summed E-state index contributed by atoms with van der Waals surface area (Å²) in [7, 11) is 0. The highest BCUT2D eigenvalue weighted by Gasteiger charge is 2.15. The van der Waals surface area contributed by atoms with Gasteiger partial charge in [-0.05, 0) is 53.6 Å². The highest BCUT2D eigenvalue weighted by atomic mass is 16.3. The van der Waals surface area contributed by atoms with Crippen LogP contribution >= 0.6 is 0 Å². The smallest absolute Gasteiger partial charge is 0.104 e. The van der Waals surface area contributed by atoms with Crippen LogP contribution in [0.4, 0.5) is 0 Å². The van der Waals surface area contributed by atoms with E-state index in [2.05, 4.69) is 17.1 Å². The molecule has 1 N–H and O–H groups in total. The Morgan fingerprint density at radius 1 is 0.941 bits per heavy atom. The average Bonchev–Trinajstić information content (AvgIpc) is 2.86. The predicted molar refractivity (Wildman–Crippen MR) is 66.8 cm³/mol. The third kappa shape index (κ3) is 1.96. The van der Waals surface area contributed by atoms with Crippen molar-refractivity contribution >= 4 is 0 Å². The molecule has 1 aliphatic carbocycles. The summed E-state index contributed by atoms with van der Waals surface area (Å²) in [6, 6.07) is 10.1. The summed E-state index contributed by atoms with van der Waals surface area (Å²) >= 11 is 0. The summed E-state index contributed by atoms with van der Waals surface area (Å²) in [5.74, 6) is 0. The van der Waals surface area contributed by atoms with E-state index in [1.165, 1.54) is 24.0 Å². The molecule has 0 amide bonds. The van der Waals surface area contributed by atoms with Crippen molar-refractivity contribution < 1.29 is 5.11 Å². The molecular weight excluding hydrogens is 210 g/mol. The average molecular weight is 225 g/mol. The fourth-order valence-corrected chi connectivity index (χ4v) is 2.50. The van der Waals surface area contributed by atoms with Gasteiger partial charge in [0.2, 0.25) is 0 Å². The van der Waals surface area contributed by atoms with Crippen LogP contribution in [0.2, 0.25) is 0 Å². The first kappa shape index (κ1) is 10.5. The van der Waals surface area contributed by atoms with Gasteiger partial charge in [-0.3, -0.25) is 4.98 Å². The normalized spacial score (nSPS) is 15.6. The van der Waals surface area contributed by atoms with Gasteiger partial charge < -0.3 is 5.11 Å². The number of aryl methyl sites for hydroxylation is 2. The van der Waals surface area contributed by atoms with Gasteiger partial charge in [0, 0.05) is 12.4 Å². The molecule has 86 valence electrons. The van der Waals surface area contributed by atoms with Crippen molar-refractivity contribution in [1.82, 2.24) is 4.98 Å². The number of pyridine rings is 1. The van der Waals surface area contributed by atoms with E-state index in [1.54, 1.807) is 12.4 Å². The summed E-state index contributed by atoms with van der Waals surface area (Å²) in [6.07, 6.45) is 6.46. The van der Waals surface area contributed by atoms with Crippen molar-refractivity contribution in [3.05, 3.63) is 65.0 Å². The zero-order chi connectivity index (χ0) is 11.7. The van der Waals surface area contributed by atoms with Crippen LogP contribution in [0.15, 0.2) is 42.7 Å². The van der Waals surface area contributed by atoms with Crippen molar-refractivity contribution in [1.29, 1.82) is 0 Å². The lowest BCUT2D eigenvalue weighted by molar-refractivity contribution is 0.220. The Hall–Kier alpha value is -1.67. The summed E-state index contributed by atoms with van der Waals surface area (Å²) in [5, 5.41) is 10.3. The Balaban J connectivity index is 1.94. The Bertz CT molecular complexity index is 522. The highest BCUT2D eigenvalue weighted by Crippen LogP contribution is 2.28. The molecule has 2 aromatic rings. The van der Waals surface area contributed by atoms with Gasteiger partial charge in [0.15, 0.2) is 0 Å². The van der Waals surface area contributed by atoms with Crippen molar-refractivity contribution in [2.45, 2.75) is 25.4 Å². The number of rotatable bonds is 2. The first-order valence-corrected chi connectivity index (χ1v) is 6.04. The molecule has 0 radical (unpaired) electrons. The maximum atomic E-state index is 10.3. The third-order valence-electron chi connectivity index (χ3n) is 3.46. The minimum atomic E-state index is -0.538. The maximum Gasteiger partial charge on any atom is 0.104 e. The van der Waals surface area contributed by atoms with Crippen LogP contribution in [-0.4, -0.2) is 10.1 Å². The highest BCUT2D eigenvalue weighted by molar-refractivity contribution is 5.38. The minimum absolute atomic E-state index is 0.538. The molecule has 0 aliphatic heterocycles. The lowest BCUT2D eigenvalue weighted by Crippen LogP contribution is -2.00. The van der Waals surface area contributed by atoms with Crippen LogP contribution in [0.25, 0.3) is 0 Å². The Morgan fingerprint density at radius 3 is 2.53 bits per heavy atom. The number of hydrogen-bond donors (Lipinski definition) is 1. The molecule has 0 spiro atoms. The molecule has 3 rings (SSSR count).